The summed E-state index contributed by atoms with van der Waals surface area (Å²) < 4.78 is 0. The molecule has 0 atom stereocenters. The molecule has 2 aromatic carbocycles. The van der Waals surface area contributed by atoms with Crippen LogP contribution in [0.4, 0.5) is 17.2 Å². The number of fused-ring (bicyclic) bond motifs is 1. The summed E-state index contributed by atoms with van der Waals surface area (Å²) in [5.74, 6) is 0.390. The van der Waals surface area contributed by atoms with Crippen molar-refractivity contribution < 1.29 is 4.79 Å². The first-order valence-electron chi connectivity index (χ1n) is 8.23. The van der Waals surface area contributed by atoms with Crippen LogP contribution < -0.4 is 10.2 Å². The first kappa shape index (κ1) is 15.8. The van der Waals surface area contributed by atoms with Crippen molar-refractivity contribution in [1.29, 1.82) is 5.26 Å². The minimum absolute atomic E-state index is 0.295. The van der Waals surface area contributed by atoms with Gasteiger partial charge in [-0.3, -0.25) is 4.79 Å². The second-order valence-corrected chi connectivity index (χ2v) is 5.94. The van der Waals surface area contributed by atoms with E-state index in [0.29, 0.717) is 22.8 Å². The number of hydrogen-bond donors (Lipinski definition) is 1. The predicted molar refractivity (Wildman–Crippen MR) is 98.3 cm³/mol. The molecule has 1 aromatic heterocycles. The third-order valence-corrected chi connectivity index (χ3v) is 4.32. The van der Waals surface area contributed by atoms with Crippen molar-refractivity contribution in [2.75, 3.05) is 16.8 Å². The standard InChI is InChI=1S/C20H15N5O/c21-12-14-5-7-16(8-6-14)24-20(26)17-11-19(23-13-22-17)25-10-9-15-3-1-2-4-18(15)25/h1-8,11,13H,9-10H2,(H,24,26). The molecule has 4 rings (SSSR count). The fourth-order valence-corrected chi connectivity index (χ4v) is 3.02. The third-order valence-electron chi connectivity index (χ3n) is 4.32. The highest BCUT2D eigenvalue weighted by Gasteiger charge is 2.22. The van der Waals surface area contributed by atoms with Gasteiger partial charge in [-0.1, -0.05) is 18.2 Å². The van der Waals surface area contributed by atoms with Crippen LogP contribution in [0.3, 0.4) is 0 Å². The number of amides is 1. The molecule has 0 spiro atoms. The molecule has 6 nitrogen and oxygen atoms in total. The summed E-state index contributed by atoms with van der Waals surface area (Å²) in [5.41, 5.74) is 3.84. The Labute approximate surface area is 150 Å². The maximum Gasteiger partial charge on any atom is 0.274 e. The SMILES string of the molecule is N#Cc1ccc(NC(=O)c2cc(N3CCc4ccccc43)ncn2)cc1. The summed E-state index contributed by atoms with van der Waals surface area (Å²) in [5, 5.41) is 11.6. The van der Waals surface area contributed by atoms with Gasteiger partial charge < -0.3 is 10.2 Å². The Morgan fingerprint density at radius 1 is 1.12 bits per heavy atom. The van der Waals surface area contributed by atoms with Gasteiger partial charge in [-0.15, -0.1) is 0 Å². The summed E-state index contributed by atoms with van der Waals surface area (Å²) in [4.78, 5) is 23.0. The summed E-state index contributed by atoms with van der Waals surface area (Å²) >= 11 is 0. The Hall–Kier alpha value is -3.72. The van der Waals surface area contributed by atoms with Crippen molar-refractivity contribution in [2.45, 2.75) is 6.42 Å². The summed E-state index contributed by atoms with van der Waals surface area (Å²) in [6.45, 7) is 0.826. The molecule has 0 saturated heterocycles. The lowest BCUT2D eigenvalue weighted by atomic mass is 10.2. The largest absolute Gasteiger partial charge is 0.326 e. The van der Waals surface area contributed by atoms with Gasteiger partial charge in [0, 0.05) is 24.0 Å². The number of rotatable bonds is 3. The van der Waals surface area contributed by atoms with Gasteiger partial charge in [0.1, 0.15) is 17.8 Å². The number of hydrogen-bond acceptors (Lipinski definition) is 5. The average Bonchev–Trinajstić information content (AvgIpc) is 3.13. The lowest BCUT2D eigenvalue weighted by Gasteiger charge is -2.18. The number of carbonyl (C=O) groups excluding carboxylic acids is 1. The Bertz CT molecular complexity index is 1010. The fourth-order valence-electron chi connectivity index (χ4n) is 3.02. The molecule has 0 bridgehead atoms. The zero-order chi connectivity index (χ0) is 17.9. The van der Waals surface area contributed by atoms with Gasteiger partial charge in [-0.2, -0.15) is 5.26 Å². The van der Waals surface area contributed by atoms with Gasteiger partial charge in [0.2, 0.25) is 0 Å². The van der Waals surface area contributed by atoms with Crippen LogP contribution in [-0.2, 0) is 6.42 Å². The molecular weight excluding hydrogens is 326 g/mol. The lowest BCUT2D eigenvalue weighted by molar-refractivity contribution is 0.102. The number of para-hydroxylation sites is 1. The highest BCUT2D eigenvalue weighted by molar-refractivity contribution is 6.03. The second kappa shape index (κ2) is 6.65. The lowest BCUT2D eigenvalue weighted by Crippen LogP contribution is -2.18. The number of benzene rings is 2. The number of anilines is 3. The molecule has 0 saturated carbocycles. The zero-order valence-corrected chi connectivity index (χ0v) is 13.9. The highest BCUT2D eigenvalue weighted by Crippen LogP contribution is 2.33. The normalized spacial score (nSPS) is 12.3. The van der Waals surface area contributed by atoms with Crippen LogP contribution in [0.2, 0.25) is 0 Å². The predicted octanol–water partition coefficient (Wildman–Crippen LogP) is 3.29. The minimum atomic E-state index is -0.314. The molecular formula is C20H15N5O. The second-order valence-electron chi connectivity index (χ2n) is 5.94. The molecule has 0 unspecified atom stereocenters. The molecule has 1 aliphatic rings. The van der Waals surface area contributed by atoms with Crippen LogP contribution in [0.15, 0.2) is 60.9 Å². The topological polar surface area (TPSA) is 81.9 Å². The number of nitrogens with one attached hydrogen (secondary N) is 1. The first-order valence-corrected chi connectivity index (χ1v) is 8.23. The van der Waals surface area contributed by atoms with Crippen molar-refractivity contribution in [2.24, 2.45) is 0 Å². The van der Waals surface area contributed by atoms with E-state index < -0.39 is 0 Å². The van der Waals surface area contributed by atoms with E-state index in [-0.39, 0.29) is 5.91 Å². The van der Waals surface area contributed by atoms with Crippen LogP contribution in [0.1, 0.15) is 21.6 Å². The Morgan fingerprint density at radius 2 is 1.92 bits per heavy atom. The van der Waals surface area contributed by atoms with E-state index >= 15 is 0 Å². The Balaban J connectivity index is 1.56. The van der Waals surface area contributed by atoms with E-state index in [9.17, 15) is 4.79 Å². The minimum Gasteiger partial charge on any atom is -0.326 e. The molecule has 1 N–H and O–H groups in total. The number of nitrogens with zero attached hydrogens (tertiary/aromatic N) is 4. The van der Waals surface area contributed by atoms with Crippen LogP contribution >= 0.6 is 0 Å². The van der Waals surface area contributed by atoms with Gasteiger partial charge in [0.25, 0.3) is 5.91 Å². The molecule has 0 radical (unpaired) electrons. The van der Waals surface area contributed by atoms with Gasteiger partial charge >= 0.3 is 0 Å². The van der Waals surface area contributed by atoms with Gasteiger partial charge in [-0.25, -0.2) is 9.97 Å². The van der Waals surface area contributed by atoms with Crippen LogP contribution in [-0.4, -0.2) is 22.4 Å². The molecule has 1 aliphatic heterocycles. The summed E-state index contributed by atoms with van der Waals surface area (Å²) in [7, 11) is 0. The van der Waals surface area contributed by atoms with E-state index in [0.717, 1.165) is 18.7 Å². The van der Waals surface area contributed by atoms with Crippen molar-refractivity contribution in [3.05, 3.63) is 77.7 Å². The van der Waals surface area contributed by atoms with Gasteiger partial charge in [0.15, 0.2) is 0 Å². The molecule has 0 aliphatic carbocycles. The van der Waals surface area contributed by atoms with Crippen molar-refractivity contribution >= 4 is 23.1 Å². The van der Waals surface area contributed by atoms with Crippen molar-refractivity contribution in [3.8, 4) is 6.07 Å². The zero-order valence-electron chi connectivity index (χ0n) is 13.9. The smallest absolute Gasteiger partial charge is 0.274 e. The molecule has 2 heterocycles. The maximum atomic E-state index is 12.5. The molecule has 1 amide bonds. The van der Waals surface area contributed by atoms with E-state index in [1.807, 2.05) is 18.2 Å². The Kier molecular flexibility index (Phi) is 4.04. The van der Waals surface area contributed by atoms with Crippen molar-refractivity contribution in [3.63, 3.8) is 0 Å². The van der Waals surface area contributed by atoms with Crippen LogP contribution in [0.25, 0.3) is 0 Å². The summed E-state index contributed by atoms with van der Waals surface area (Å²) in [6.07, 6.45) is 2.36. The summed E-state index contributed by atoms with van der Waals surface area (Å²) in [6, 6.07) is 18.6. The van der Waals surface area contributed by atoms with Crippen LogP contribution in [0, 0.1) is 11.3 Å². The third kappa shape index (κ3) is 2.98. The van der Waals surface area contributed by atoms with E-state index in [4.69, 9.17) is 5.26 Å². The molecule has 3 aromatic rings. The van der Waals surface area contributed by atoms with E-state index in [1.54, 1.807) is 30.3 Å². The van der Waals surface area contributed by atoms with Crippen molar-refractivity contribution in [1.82, 2.24) is 9.97 Å². The van der Waals surface area contributed by atoms with Gasteiger partial charge in [-0.05, 0) is 42.3 Å². The quantitative estimate of drug-likeness (QED) is 0.790. The maximum absolute atomic E-state index is 12.5. The Morgan fingerprint density at radius 3 is 2.73 bits per heavy atom. The van der Waals surface area contributed by atoms with E-state index in [2.05, 4.69) is 32.3 Å². The molecule has 0 fully saturated rings. The monoisotopic (exact) mass is 341 g/mol. The number of nitriles is 1. The average molecular weight is 341 g/mol. The first-order chi connectivity index (χ1) is 12.7. The fraction of sp³-hybridized carbons (Fsp3) is 0.100. The number of aromatic nitrogens is 2. The van der Waals surface area contributed by atoms with Crippen LogP contribution in [0.5, 0.6) is 0 Å². The number of carbonyl (C=O) groups is 1. The van der Waals surface area contributed by atoms with E-state index in [1.165, 1.54) is 11.9 Å². The molecule has 6 heteroatoms. The van der Waals surface area contributed by atoms with Gasteiger partial charge in [0.05, 0.1) is 11.6 Å². The molecule has 126 valence electrons. The molecule has 26 heavy (non-hydrogen) atoms. The highest BCUT2D eigenvalue weighted by atomic mass is 16.1.